The minimum atomic E-state index is 0.891. The summed E-state index contributed by atoms with van der Waals surface area (Å²) in [6.07, 6.45) is 7.24. The van der Waals surface area contributed by atoms with Gasteiger partial charge in [-0.15, -0.1) is 10.2 Å². The Kier molecular flexibility index (Phi) is 4.04. The first-order valence-corrected chi connectivity index (χ1v) is 7.10. The molecule has 2 heterocycles. The number of aromatic nitrogens is 5. The summed E-state index contributed by atoms with van der Waals surface area (Å²) in [7, 11) is 0. The molecule has 0 saturated carbocycles. The van der Waals surface area contributed by atoms with Crippen LogP contribution in [0.2, 0.25) is 0 Å². The van der Waals surface area contributed by atoms with Gasteiger partial charge in [-0.3, -0.25) is 0 Å². The highest BCUT2D eigenvalue weighted by atomic mass is 15.2. The maximum absolute atomic E-state index is 4.35. The third-order valence-corrected chi connectivity index (χ3v) is 3.39. The van der Waals surface area contributed by atoms with Gasteiger partial charge in [-0.05, 0) is 31.9 Å². The monoisotopic (exact) mass is 282 g/mol. The third-order valence-electron chi connectivity index (χ3n) is 3.39. The molecule has 108 valence electrons. The van der Waals surface area contributed by atoms with Gasteiger partial charge in [0.05, 0.1) is 5.52 Å². The van der Waals surface area contributed by atoms with E-state index in [2.05, 4.69) is 44.5 Å². The molecule has 0 unspecified atom stereocenters. The first-order chi connectivity index (χ1) is 10.3. The largest absolute Gasteiger partial charge is 0.369 e. The van der Waals surface area contributed by atoms with Gasteiger partial charge in [0.2, 0.25) is 0 Å². The van der Waals surface area contributed by atoms with Crippen LogP contribution in [0.4, 0.5) is 5.82 Å². The Labute approximate surface area is 123 Å². The van der Waals surface area contributed by atoms with E-state index in [0.29, 0.717) is 0 Å². The minimum absolute atomic E-state index is 0.891. The Morgan fingerprint density at radius 2 is 1.95 bits per heavy atom. The van der Waals surface area contributed by atoms with Crippen LogP contribution >= 0.6 is 0 Å². The van der Waals surface area contributed by atoms with Crippen LogP contribution in [0, 0.1) is 6.92 Å². The zero-order chi connectivity index (χ0) is 14.5. The average Bonchev–Trinajstić information content (AvgIpc) is 3.00. The van der Waals surface area contributed by atoms with E-state index >= 15 is 0 Å². The number of rotatable bonds is 6. The van der Waals surface area contributed by atoms with Crippen molar-refractivity contribution >= 4 is 16.7 Å². The lowest BCUT2D eigenvalue weighted by Crippen LogP contribution is -2.06. The summed E-state index contributed by atoms with van der Waals surface area (Å²) in [4.78, 5) is 8.64. The fraction of sp³-hybridized carbons (Fsp3) is 0.333. The van der Waals surface area contributed by atoms with Gasteiger partial charge in [-0.1, -0.05) is 11.6 Å². The summed E-state index contributed by atoms with van der Waals surface area (Å²) >= 11 is 0. The van der Waals surface area contributed by atoms with E-state index in [0.717, 1.165) is 42.7 Å². The number of aryl methyl sites for hydroxylation is 2. The summed E-state index contributed by atoms with van der Waals surface area (Å²) < 4.78 is 1.99. The van der Waals surface area contributed by atoms with Gasteiger partial charge in [0.15, 0.2) is 0 Å². The summed E-state index contributed by atoms with van der Waals surface area (Å²) in [6, 6.07) is 6.22. The Balaban J connectivity index is 1.56. The van der Waals surface area contributed by atoms with E-state index in [1.807, 2.05) is 10.6 Å². The molecule has 0 aliphatic heterocycles. The molecule has 3 aromatic rings. The van der Waals surface area contributed by atoms with Crippen molar-refractivity contribution in [3.05, 3.63) is 42.7 Å². The molecule has 6 nitrogen and oxygen atoms in total. The number of nitrogens with zero attached hydrogens (tertiary/aromatic N) is 5. The minimum Gasteiger partial charge on any atom is -0.369 e. The van der Waals surface area contributed by atoms with Crippen molar-refractivity contribution in [1.29, 1.82) is 0 Å². The Morgan fingerprint density at radius 1 is 1.10 bits per heavy atom. The second kappa shape index (κ2) is 6.30. The zero-order valence-electron chi connectivity index (χ0n) is 12.0. The van der Waals surface area contributed by atoms with Crippen molar-refractivity contribution in [3.63, 3.8) is 0 Å². The van der Waals surface area contributed by atoms with Crippen molar-refractivity contribution in [2.75, 3.05) is 11.9 Å². The van der Waals surface area contributed by atoms with E-state index in [-0.39, 0.29) is 0 Å². The van der Waals surface area contributed by atoms with Crippen molar-refractivity contribution < 1.29 is 0 Å². The Hall–Kier alpha value is -2.50. The molecule has 1 aromatic carbocycles. The molecule has 0 aliphatic carbocycles. The molecular formula is C15H18N6. The summed E-state index contributed by atoms with van der Waals surface area (Å²) in [5.74, 6) is 0.910. The number of nitrogens with one attached hydrogen (secondary N) is 1. The molecule has 0 aliphatic rings. The lowest BCUT2D eigenvalue weighted by atomic mass is 10.1. The van der Waals surface area contributed by atoms with Crippen molar-refractivity contribution in [3.8, 4) is 0 Å². The van der Waals surface area contributed by atoms with Crippen LogP contribution < -0.4 is 5.32 Å². The fourth-order valence-electron chi connectivity index (χ4n) is 2.28. The van der Waals surface area contributed by atoms with Gasteiger partial charge in [0.25, 0.3) is 0 Å². The Bertz CT molecular complexity index is 707. The molecule has 0 spiro atoms. The van der Waals surface area contributed by atoms with Crippen LogP contribution in [0.1, 0.15) is 18.4 Å². The second-order valence-corrected chi connectivity index (χ2v) is 5.08. The topological polar surface area (TPSA) is 68.5 Å². The predicted molar refractivity (Wildman–Crippen MR) is 82.0 cm³/mol. The van der Waals surface area contributed by atoms with Crippen LogP contribution in [0.3, 0.4) is 0 Å². The summed E-state index contributed by atoms with van der Waals surface area (Å²) in [5.41, 5.74) is 2.19. The first-order valence-electron chi connectivity index (χ1n) is 7.10. The molecular weight excluding hydrogens is 264 g/mol. The van der Waals surface area contributed by atoms with E-state index in [1.54, 1.807) is 19.0 Å². The number of anilines is 1. The molecule has 21 heavy (non-hydrogen) atoms. The number of hydrogen-bond donors (Lipinski definition) is 1. The fourth-order valence-corrected chi connectivity index (χ4v) is 2.28. The molecule has 0 radical (unpaired) electrons. The van der Waals surface area contributed by atoms with Gasteiger partial charge in [-0.2, -0.15) is 0 Å². The normalized spacial score (nSPS) is 10.9. The maximum atomic E-state index is 4.35. The van der Waals surface area contributed by atoms with E-state index in [9.17, 15) is 0 Å². The highest BCUT2D eigenvalue weighted by Crippen LogP contribution is 2.20. The van der Waals surface area contributed by atoms with Gasteiger partial charge in [0.1, 0.15) is 24.8 Å². The number of fused-ring (bicyclic) bond motifs is 1. The van der Waals surface area contributed by atoms with Crippen LogP contribution in [0.15, 0.2) is 37.2 Å². The molecule has 3 rings (SSSR count). The third kappa shape index (κ3) is 3.34. The molecule has 0 saturated heterocycles. The van der Waals surface area contributed by atoms with Crippen molar-refractivity contribution in [2.24, 2.45) is 0 Å². The summed E-state index contributed by atoms with van der Waals surface area (Å²) in [5, 5.41) is 12.1. The predicted octanol–water partition coefficient (Wildman–Crippen LogP) is 2.42. The van der Waals surface area contributed by atoms with Crippen LogP contribution in [0.5, 0.6) is 0 Å². The van der Waals surface area contributed by atoms with Gasteiger partial charge < -0.3 is 9.88 Å². The van der Waals surface area contributed by atoms with Gasteiger partial charge in [-0.25, -0.2) is 9.97 Å². The van der Waals surface area contributed by atoms with Crippen molar-refractivity contribution in [1.82, 2.24) is 24.7 Å². The molecule has 6 heteroatoms. The SMILES string of the molecule is Cc1ccc2ncnc(NCCCCn3cnnc3)c2c1. The summed E-state index contributed by atoms with van der Waals surface area (Å²) in [6.45, 7) is 3.91. The second-order valence-electron chi connectivity index (χ2n) is 5.08. The number of unbranched alkanes of at least 4 members (excludes halogenated alkanes) is 1. The van der Waals surface area contributed by atoms with E-state index in [4.69, 9.17) is 0 Å². The molecule has 1 N–H and O–H groups in total. The van der Waals surface area contributed by atoms with E-state index < -0.39 is 0 Å². The lowest BCUT2D eigenvalue weighted by molar-refractivity contribution is 0.619. The highest BCUT2D eigenvalue weighted by Gasteiger charge is 2.03. The zero-order valence-corrected chi connectivity index (χ0v) is 12.0. The highest BCUT2D eigenvalue weighted by molar-refractivity contribution is 5.89. The number of hydrogen-bond acceptors (Lipinski definition) is 5. The smallest absolute Gasteiger partial charge is 0.137 e. The van der Waals surface area contributed by atoms with Crippen molar-refractivity contribution in [2.45, 2.75) is 26.3 Å². The van der Waals surface area contributed by atoms with Crippen LogP contribution in [-0.2, 0) is 6.54 Å². The lowest BCUT2D eigenvalue weighted by Gasteiger charge is -2.08. The molecule has 0 fully saturated rings. The molecule has 0 atom stereocenters. The number of benzene rings is 1. The van der Waals surface area contributed by atoms with Gasteiger partial charge >= 0.3 is 0 Å². The standard InChI is InChI=1S/C15H18N6/c1-12-4-5-14-13(8-12)15(18-9-17-14)16-6-2-3-7-21-10-19-20-11-21/h4-5,8-11H,2-3,6-7H2,1H3,(H,16,17,18). The molecule has 0 bridgehead atoms. The Morgan fingerprint density at radius 3 is 2.81 bits per heavy atom. The maximum Gasteiger partial charge on any atom is 0.137 e. The average molecular weight is 282 g/mol. The van der Waals surface area contributed by atoms with Gasteiger partial charge in [0, 0.05) is 18.5 Å². The quantitative estimate of drug-likeness (QED) is 0.703. The van der Waals surface area contributed by atoms with E-state index in [1.165, 1.54) is 5.56 Å². The molecule has 0 amide bonds. The van der Waals surface area contributed by atoms with Crippen LogP contribution in [0.25, 0.3) is 10.9 Å². The first kappa shape index (κ1) is 13.5. The van der Waals surface area contributed by atoms with Crippen LogP contribution in [-0.4, -0.2) is 31.3 Å². The molecule has 2 aromatic heterocycles.